The van der Waals surface area contributed by atoms with Crippen molar-refractivity contribution in [3.05, 3.63) is 39.7 Å². The van der Waals surface area contributed by atoms with Crippen molar-refractivity contribution in [2.75, 3.05) is 0 Å². The lowest BCUT2D eigenvalue weighted by molar-refractivity contribution is -0.385. The van der Waals surface area contributed by atoms with Gasteiger partial charge in [-0.25, -0.2) is 26.9 Å². The summed E-state index contributed by atoms with van der Waals surface area (Å²) in [5.41, 5.74) is 1.06. The average Bonchev–Trinajstić information content (AvgIpc) is 2.80. The van der Waals surface area contributed by atoms with E-state index >= 15 is 0 Å². The summed E-state index contributed by atoms with van der Waals surface area (Å²) in [5.74, 6) is -6.14. The van der Waals surface area contributed by atoms with Crippen LogP contribution in [0.1, 0.15) is 18.4 Å². The van der Waals surface area contributed by atoms with Gasteiger partial charge in [0.2, 0.25) is 0 Å². The van der Waals surface area contributed by atoms with E-state index in [4.69, 9.17) is 10.5 Å². The molecule has 136 valence electrons. The summed E-state index contributed by atoms with van der Waals surface area (Å²) in [7, 11) is 0. The molecular weight excluding hydrogens is 353 g/mol. The summed E-state index contributed by atoms with van der Waals surface area (Å²) in [4.78, 5) is 13.5. The van der Waals surface area contributed by atoms with E-state index in [2.05, 4.69) is 4.99 Å². The Labute approximate surface area is 137 Å². The monoisotopic (exact) mass is 365 g/mol. The van der Waals surface area contributed by atoms with Gasteiger partial charge in [-0.2, -0.15) is 0 Å². The first-order valence-electron chi connectivity index (χ1n) is 7.19. The fraction of sp³-hybridized carbons (Fsp3) is 0.500. The molecule has 2 aliphatic rings. The number of hydrogen-bond donors (Lipinski definition) is 1. The highest BCUT2D eigenvalue weighted by Gasteiger charge is 2.63. The zero-order valence-electron chi connectivity index (χ0n) is 12.5. The summed E-state index contributed by atoms with van der Waals surface area (Å²) in [6.45, 7) is 0. The van der Waals surface area contributed by atoms with Gasteiger partial charge in [-0.3, -0.25) is 10.1 Å². The van der Waals surface area contributed by atoms with E-state index < -0.39 is 70.8 Å². The van der Waals surface area contributed by atoms with E-state index in [1.165, 1.54) is 0 Å². The number of nitrogens with two attached hydrogens (primary N) is 1. The first-order chi connectivity index (χ1) is 11.6. The summed E-state index contributed by atoms with van der Waals surface area (Å²) in [6, 6.07) is 1.20. The van der Waals surface area contributed by atoms with Gasteiger partial charge in [0.15, 0.2) is 5.54 Å². The summed E-state index contributed by atoms with van der Waals surface area (Å²) < 4.78 is 74.9. The molecule has 1 aromatic rings. The molecule has 11 heteroatoms. The SMILES string of the molecule is NC1=N[C@@](c2cc([N+](=O)[O-])ccc2F)(C(F)F)[C@H]2CC(F)(F)C[C@H]2O1. The Kier molecular flexibility index (Phi) is 3.84. The first-order valence-corrected chi connectivity index (χ1v) is 7.19. The van der Waals surface area contributed by atoms with E-state index in [0.717, 1.165) is 6.07 Å². The normalized spacial score (nSPS) is 30.6. The van der Waals surface area contributed by atoms with Crippen molar-refractivity contribution in [2.24, 2.45) is 16.6 Å². The molecule has 1 aromatic carbocycles. The van der Waals surface area contributed by atoms with Crippen LogP contribution in [0.2, 0.25) is 0 Å². The number of non-ortho nitro benzene ring substituents is 1. The predicted molar refractivity (Wildman–Crippen MR) is 74.9 cm³/mol. The molecule has 0 radical (unpaired) electrons. The molecular formula is C14H12F5N3O3. The van der Waals surface area contributed by atoms with E-state index in [-0.39, 0.29) is 0 Å². The number of fused-ring (bicyclic) bond motifs is 1. The number of amidine groups is 1. The number of aliphatic imine (C=N–C) groups is 1. The van der Waals surface area contributed by atoms with E-state index in [1.807, 2.05) is 0 Å². The maximum absolute atomic E-state index is 14.3. The molecule has 0 aromatic heterocycles. The number of nitro groups is 1. The Morgan fingerprint density at radius 2 is 2.04 bits per heavy atom. The lowest BCUT2D eigenvalue weighted by atomic mass is 9.75. The Balaban J connectivity index is 2.25. The van der Waals surface area contributed by atoms with Gasteiger partial charge in [-0.15, -0.1) is 0 Å². The second-order valence-corrected chi connectivity index (χ2v) is 6.02. The van der Waals surface area contributed by atoms with Crippen molar-refractivity contribution in [3.63, 3.8) is 0 Å². The predicted octanol–water partition coefficient (Wildman–Crippen LogP) is 2.95. The molecule has 3 atom stereocenters. The minimum atomic E-state index is -3.44. The maximum atomic E-state index is 14.3. The highest BCUT2D eigenvalue weighted by atomic mass is 19.3. The minimum Gasteiger partial charge on any atom is -0.461 e. The molecule has 25 heavy (non-hydrogen) atoms. The van der Waals surface area contributed by atoms with Gasteiger partial charge in [0, 0.05) is 36.5 Å². The zero-order chi connectivity index (χ0) is 18.6. The number of halogens is 5. The summed E-state index contributed by atoms with van der Waals surface area (Å²) in [5, 5.41) is 10.9. The Morgan fingerprint density at radius 1 is 1.36 bits per heavy atom. The molecule has 1 aliphatic heterocycles. The van der Waals surface area contributed by atoms with Gasteiger partial charge in [-0.05, 0) is 6.07 Å². The van der Waals surface area contributed by atoms with E-state index in [9.17, 15) is 32.1 Å². The molecule has 0 bridgehead atoms. The van der Waals surface area contributed by atoms with Crippen LogP contribution in [-0.4, -0.2) is 29.4 Å². The van der Waals surface area contributed by atoms with Gasteiger partial charge < -0.3 is 10.5 Å². The standard InChI is InChI=1S/C14H12F5N3O3/c15-9-2-1-6(22(23)24)3-7(9)14(11(16)17)8-4-13(18,19)5-10(8)25-12(20)21-14/h1-3,8,10-11H,4-5H2,(H2,20,21)/t8-,10+,14+/m0/s1. The van der Waals surface area contributed by atoms with Crippen LogP contribution in [0.25, 0.3) is 0 Å². The van der Waals surface area contributed by atoms with Crippen molar-refractivity contribution >= 4 is 11.7 Å². The van der Waals surface area contributed by atoms with Crippen molar-refractivity contribution in [1.29, 1.82) is 0 Å². The number of alkyl halides is 4. The van der Waals surface area contributed by atoms with Crippen LogP contribution < -0.4 is 5.73 Å². The minimum absolute atomic E-state index is 0.580. The molecule has 0 unspecified atom stereocenters. The van der Waals surface area contributed by atoms with Gasteiger partial charge >= 0.3 is 0 Å². The van der Waals surface area contributed by atoms with Crippen LogP contribution in [-0.2, 0) is 10.3 Å². The Morgan fingerprint density at radius 3 is 2.64 bits per heavy atom. The van der Waals surface area contributed by atoms with Crippen LogP contribution in [0.3, 0.4) is 0 Å². The van der Waals surface area contributed by atoms with E-state index in [0.29, 0.717) is 12.1 Å². The number of nitrogens with zero attached hydrogens (tertiary/aromatic N) is 2. The molecule has 1 saturated carbocycles. The number of ether oxygens (including phenoxy) is 1. The lowest BCUT2D eigenvalue weighted by Crippen LogP contribution is -2.51. The third-order valence-corrected chi connectivity index (χ3v) is 4.52. The Hall–Kier alpha value is -2.46. The largest absolute Gasteiger partial charge is 0.461 e. The fourth-order valence-corrected chi connectivity index (χ4v) is 3.50. The molecule has 1 fully saturated rings. The van der Waals surface area contributed by atoms with Crippen LogP contribution in [0.4, 0.5) is 27.6 Å². The second kappa shape index (κ2) is 5.53. The van der Waals surface area contributed by atoms with Gasteiger partial charge in [-0.1, -0.05) is 0 Å². The van der Waals surface area contributed by atoms with Crippen LogP contribution in [0, 0.1) is 21.8 Å². The summed E-state index contributed by atoms with van der Waals surface area (Å²) >= 11 is 0. The highest BCUT2D eigenvalue weighted by Crippen LogP contribution is 2.55. The fourth-order valence-electron chi connectivity index (χ4n) is 3.50. The zero-order valence-corrected chi connectivity index (χ0v) is 12.5. The number of rotatable bonds is 3. The smallest absolute Gasteiger partial charge is 0.283 e. The van der Waals surface area contributed by atoms with Gasteiger partial charge in [0.05, 0.1) is 4.92 Å². The highest BCUT2D eigenvalue weighted by molar-refractivity contribution is 5.73. The third-order valence-electron chi connectivity index (χ3n) is 4.52. The molecule has 0 saturated heterocycles. The molecule has 1 heterocycles. The number of benzene rings is 1. The van der Waals surface area contributed by atoms with Crippen molar-refractivity contribution in [2.45, 2.75) is 36.8 Å². The van der Waals surface area contributed by atoms with Crippen molar-refractivity contribution in [1.82, 2.24) is 0 Å². The number of nitro benzene ring substituents is 1. The average molecular weight is 365 g/mol. The second-order valence-electron chi connectivity index (χ2n) is 6.02. The molecule has 6 nitrogen and oxygen atoms in total. The topological polar surface area (TPSA) is 90.8 Å². The first kappa shape index (κ1) is 17.4. The molecule has 3 rings (SSSR count). The van der Waals surface area contributed by atoms with Crippen LogP contribution >= 0.6 is 0 Å². The molecule has 2 N–H and O–H groups in total. The molecule has 0 spiro atoms. The van der Waals surface area contributed by atoms with Crippen LogP contribution in [0.5, 0.6) is 0 Å². The van der Waals surface area contributed by atoms with Crippen molar-refractivity contribution < 1.29 is 31.6 Å². The van der Waals surface area contributed by atoms with Crippen LogP contribution in [0.15, 0.2) is 23.2 Å². The Bertz CT molecular complexity index is 757. The van der Waals surface area contributed by atoms with Gasteiger partial charge in [0.25, 0.3) is 24.1 Å². The number of hydrogen-bond acceptors (Lipinski definition) is 5. The third kappa shape index (κ3) is 2.67. The summed E-state index contributed by atoms with van der Waals surface area (Å²) in [6.07, 6.45) is -6.74. The van der Waals surface area contributed by atoms with Crippen molar-refractivity contribution in [3.8, 4) is 0 Å². The molecule has 0 amide bonds. The maximum Gasteiger partial charge on any atom is 0.283 e. The van der Waals surface area contributed by atoms with E-state index in [1.54, 1.807) is 0 Å². The quantitative estimate of drug-likeness (QED) is 0.507. The van der Waals surface area contributed by atoms with Gasteiger partial charge in [0.1, 0.15) is 11.9 Å². The molecule has 1 aliphatic carbocycles. The lowest BCUT2D eigenvalue weighted by Gasteiger charge is -2.41.